The Balaban J connectivity index is 1.76. The van der Waals surface area contributed by atoms with Crippen molar-refractivity contribution in [2.24, 2.45) is 0 Å². The van der Waals surface area contributed by atoms with Crippen molar-refractivity contribution in [2.45, 2.75) is 13.3 Å². The van der Waals surface area contributed by atoms with Crippen LogP contribution in [0.1, 0.15) is 43.6 Å². The van der Waals surface area contributed by atoms with Gasteiger partial charge in [-0.3, -0.25) is 24.1 Å². The van der Waals surface area contributed by atoms with E-state index in [0.29, 0.717) is 6.42 Å². The van der Waals surface area contributed by atoms with Crippen LogP contribution >= 0.6 is 0 Å². The molecule has 0 radical (unpaired) electrons. The van der Waals surface area contributed by atoms with Crippen molar-refractivity contribution in [2.75, 3.05) is 40.0 Å². The summed E-state index contributed by atoms with van der Waals surface area (Å²) < 4.78 is 9.97. The molecule has 0 saturated carbocycles. The molecule has 0 aliphatic carbocycles. The maximum Gasteiger partial charge on any atom is 0.325 e. The van der Waals surface area contributed by atoms with Gasteiger partial charge in [-0.1, -0.05) is 30.3 Å². The predicted molar refractivity (Wildman–Crippen MR) is 116 cm³/mol. The zero-order valence-corrected chi connectivity index (χ0v) is 18.2. The maximum atomic E-state index is 13.0. The number of methoxy groups -OCH3 is 1. The van der Waals surface area contributed by atoms with Crippen LogP contribution in [0.5, 0.6) is 0 Å². The number of rotatable bonds is 10. The van der Waals surface area contributed by atoms with Gasteiger partial charge in [0.2, 0.25) is 0 Å². The number of hydrogen-bond donors (Lipinski definition) is 0. The molecule has 168 valence electrons. The van der Waals surface area contributed by atoms with E-state index < -0.39 is 17.8 Å². The van der Waals surface area contributed by atoms with Crippen LogP contribution in [0.4, 0.5) is 0 Å². The summed E-state index contributed by atoms with van der Waals surface area (Å²) in [6.45, 7) is 2.33. The van der Waals surface area contributed by atoms with Crippen molar-refractivity contribution >= 4 is 23.7 Å². The molecule has 1 heterocycles. The first-order chi connectivity index (χ1) is 15.5. The molecule has 1 aliphatic rings. The lowest BCUT2D eigenvalue weighted by Gasteiger charge is -2.21. The zero-order chi connectivity index (χ0) is 23.1. The highest BCUT2D eigenvalue weighted by atomic mass is 16.5. The Labute approximate surface area is 186 Å². The normalized spacial score (nSPS) is 12.6. The molecule has 0 fully saturated rings. The number of amides is 3. The highest BCUT2D eigenvalue weighted by molar-refractivity contribution is 6.22. The van der Waals surface area contributed by atoms with E-state index in [2.05, 4.69) is 0 Å². The minimum atomic E-state index is -0.531. The quantitative estimate of drug-likeness (QED) is 0.417. The predicted octanol–water partition coefficient (Wildman–Crippen LogP) is 2.18. The van der Waals surface area contributed by atoms with Crippen molar-refractivity contribution in [3.05, 3.63) is 70.8 Å². The van der Waals surface area contributed by atoms with Crippen molar-refractivity contribution in [3.63, 3.8) is 0 Å². The van der Waals surface area contributed by atoms with Gasteiger partial charge >= 0.3 is 5.97 Å². The van der Waals surface area contributed by atoms with Crippen LogP contribution < -0.4 is 0 Å². The first kappa shape index (κ1) is 23.1. The van der Waals surface area contributed by atoms with Gasteiger partial charge < -0.3 is 14.4 Å². The van der Waals surface area contributed by atoms with Crippen LogP contribution in [0.2, 0.25) is 0 Å². The molecular weight excluding hydrogens is 412 g/mol. The van der Waals surface area contributed by atoms with E-state index in [-0.39, 0.29) is 55.4 Å². The third-order valence-corrected chi connectivity index (χ3v) is 5.16. The van der Waals surface area contributed by atoms with Gasteiger partial charge in [0.15, 0.2) is 0 Å². The number of hydrogen-bond acceptors (Lipinski definition) is 6. The summed E-state index contributed by atoms with van der Waals surface area (Å²) in [5, 5.41) is 0. The van der Waals surface area contributed by atoms with Gasteiger partial charge in [-0.25, -0.2) is 0 Å². The fraction of sp³-hybridized carbons (Fsp3) is 0.333. The molecule has 3 rings (SSSR count). The number of esters is 1. The molecule has 32 heavy (non-hydrogen) atoms. The molecule has 1 aliphatic heterocycles. The Morgan fingerprint density at radius 3 is 2.41 bits per heavy atom. The molecule has 0 spiro atoms. The number of carbonyl (C=O) groups excluding carboxylic acids is 4. The van der Waals surface area contributed by atoms with Gasteiger partial charge in [0, 0.05) is 25.8 Å². The number of fused-ring (bicyclic) bond motifs is 1. The molecule has 0 saturated heterocycles. The van der Waals surface area contributed by atoms with E-state index in [0.717, 1.165) is 5.56 Å². The first-order valence-electron chi connectivity index (χ1n) is 10.4. The second kappa shape index (κ2) is 10.7. The molecule has 3 amide bonds. The second-order valence-corrected chi connectivity index (χ2v) is 7.28. The monoisotopic (exact) mass is 438 g/mol. The highest BCUT2D eigenvalue weighted by Gasteiger charge is 2.36. The highest BCUT2D eigenvalue weighted by Crippen LogP contribution is 2.25. The lowest BCUT2D eigenvalue weighted by molar-refractivity contribution is -0.143. The van der Waals surface area contributed by atoms with E-state index in [1.807, 2.05) is 30.3 Å². The molecule has 2 aromatic rings. The lowest BCUT2D eigenvalue weighted by atomic mass is 10.0. The van der Waals surface area contributed by atoms with E-state index in [4.69, 9.17) is 9.47 Å². The van der Waals surface area contributed by atoms with Crippen LogP contribution in [-0.2, 0) is 20.7 Å². The van der Waals surface area contributed by atoms with Crippen LogP contribution in [0.25, 0.3) is 0 Å². The molecule has 2 aromatic carbocycles. The van der Waals surface area contributed by atoms with Crippen LogP contribution in [0.15, 0.2) is 48.5 Å². The van der Waals surface area contributed by atoms with Crippen molar-refractivity contribution in [1.29, 1.82) is 0 Å². The molecule has 0 unspecified atom stereocenters. The summed E-state index contributed by atoms with van der Waals surface area (Å²) in [4.78, 5) is 53.1. The summed E-state index contributed by atoms with van der Waals surface area (Å²) in [5.41, 5.74) is 1.70. The van der Waals surface area contributed by atoms with E-state index >= 15 is 0 Å². The third kappa shape index (κ3) is 5.20. The molecule has 0 aromatic heterocycles. The largest absolute Gasteiger partial charge is 0.465 e. The average molecular weight is 438 g/mol. The Bertz CT molecular complexity index is 1000. The van der Waals surface area contributed by atoms with Crippen LogP contribution in [0.3, 0.4) is 0 Å². The van der Waals surface area contributed by atoms with Crippen LogP contribution in [0, 0.1) is 0 Å². The van der Waals surface area contributed by atoms with E-state index in [1.165, 1.54) is 35.1 Å². The number of benzene rings is 2. The smallest absolute Gasteiger partial charge is 0.325 e. The molecule has 0 atom stereocenters. The number of ether oxygens (including phenoxy) is 2. The van der Waals surface area contributed by atoms with Gasteiger partial charge in [0.1, 0.15) is 6.54 Å². The number of carbonyl (C=O) groups is 4. The maximum absolute atomic E-state index is 13.0. The zero-order valence-electron chi connectivity index (χ0n) is 18.2. The molecule has 8 heteroatoms. The molecule has 0 bridgehead atoms. The number of imide groups is 1. The Kier molecular flexibility index (Phi) is 7.72. The molecular formula is C24H26N2O6. The third-order valence-electron chi connectivity index (χ3n) is 5.16. The lowest BCUT2D eigenvalue weighted by Crippen LogP contribution is -2.38. The first-order valence-corrected chi connectivity index (χ1v) is 10.4. The van der Waals surface area contributed by atoms with Gasteiger partial charge in [-0.15, -0.1) is 0 Å². The van der Waals surface area contributed by atoms with Crippen molar-refractivity contribution in [1.82, 2.24) is 9.80 Å². The Morgan fingerprint density at radius 2 is 1.72 bits per heavy atom. The minimum Gasteiger partial charge on any atom is -0.465 e. The summed E-state index contributed by atoms with van der Waals surface area (Å²) in [7, 11) is 1.50. The van der Waals surface area contributed by atoms with Gasteiger partial charge in [-0.05, 0) is 37.1 Å². The van der Waals surface area contributed by atoms with Gasteiger partial charge in [-0.2, -0.15) is 0 Å². The topological polar surface area (TPSA) is 93.2 Å². The molecule has 0 N–H and O–H groups in total. The second-order valence-electron chi connectivity index (χ2n) is 7.28. The van der Waals surface area contributed by atoms with Crippen LogP contribution in [-0.4, -0.2) is 73.4 Å². The van der Waals surface area contributed by atoms with E-state index in [9.17, 15) is 19.2 Å². The van der Waals surface area contributed by atoms with Gasteiger partial charge in [0.05, 0.1) is 24.3 Å². The Hall–Kier alpha value is -3.52. The summed E-state index contributed by atoms with van der Waals surface area (Å²) in [5.74, 6) is -1.77. The SMILES string of the molecule is CCOC(=O)CN(CCOC)C(=O)c1ccc2c(c1)C(=O)N(CCc1ccccc1)C2=O. The Morgan fingerprint density at radius 1 is 1.00 bits per heavy atom. The minimum absolute atomic E-state index is 0.182. The van der Waals surface area contributed by atoms with Crippen molar-refractivity contribution < 1.29 is 28.7 Å². The summed E-state index contributed by atoms with van der Waals surface area (Å²) in [6, 6.07) is 14.0. The number of nitrogens with zero attached hydrogens (tertiary/aromatic N) is 2. The summed E-state index contributed by atoms with van der Waals surface area (Å²) >= 11 is 0. The standard InChI is InChI=1S/C24H26N2O6/c1-3-32-21(27)16-25(13-14-31-2)22(28)18-9-10-19-20(15-18)24(30)26(23(19)29)12-11-17-7-5-4-6-8-17/h4-10,15H,3,11-14,16H2,1-2H3. The van der Waals surface area contributed by atoms with Gasteiger partial charge in [0.25, 0.3) is 17.7 Å². The average Bonchev–Trinajstić information content (AvgIpc) is 3.04. The van der Waals surface area contributed by atoms with Crippen molar-refractivity contribution in [3.8, 4) is 0 Å². The summed E-state index contributed by atoms with van der Waals surface area (Å²) in [6.07, 6.45) is 0.544. The fourth-order valence-corrected chi connectivity index (χ4v) is 3.51. The fourth-order valence-electron chi connectivity index (χ4n) is 3.51. The van der Waals surface area contributed by atoms with E-state index in [1.54, 1.807) is 6.92 Å². The molecule has 8 nitrogen and oxygen atoms in total.